The number of hydrogen-bond acceptors (Lipinski definition) is 1. The summed E-state index contributed by atoms with van der Waals surface area (Å²) in [5.41, 5.74) is -0.0703. The normalized spacial score (nSPS) is 16.4. The topological polar surface area (TPSA) is 37.3 Å². The van der Waals surface area contributed by atoms with Crippen molar-refractivity contribution in [1.82, 2.24) is 0 Å². The Bertz CT molecular complexity index is 155. The van der Waals surface area contributed by atoms with E-state index >= 15 is 0 Å². The molecule has 0 saturated carbocycles. The third kappa shape index (κ3) is 4.95. The first kappa shape index (κ1) is 12.2. The highest BCUT2D eigenvalue weighted by molar-refractivity contribution is 7.58. The van der Waals surface area contributed by atoms with Crippen LogP contribution in [0.2, 0.25) is 0 Å². The molecule has 0 rings (SSSR count). The molecular formula is C9H21O2P. The van der Waals surface area contributed by atoms with E-state index in [4.69, 9.17) is 0 Å². The zero-order valence-corrected chi connectivity index (χ0v) is 9.31. The molecule has 0 spiro atoms. The molecule has 2 nitrogen and oxygen atoms in total. The summed E-state index contributed by atoms with van der Waals surface area (Å²) in [5, 5.41) is 0. The lowest BCUT2D eigenvalue weighted by atomic mass is 10.2. The molecular weight excluding hydrogens is 171 g/mol. The van der Waals surface area contributed by atoms with Crippen LogP contribution in [-0.4, -0.2) is 16.7 Å². The van der Waals surface area contributed by atoms with Crippen molar-refractivity contribution in [3.63, 3.8) is 0 Å². The summed E-state index contributed by atoms with van der Waals surface area (Å²) in [6, 6.07) is 0. The zero-order chi connectivity index (χ0) is 9.61. The van der Waals surface area contributed by atoms with Crippen LogP contribution in [0.5, 0.6) is 0 Å². The van der Waals surface area contributed by atoms with Crippen LogP contribution in [0.15, 0.2) is 0 Å². The van der Waals surface area contributed by atoms with E-state index in [1.54, 1.807) is 0 Å². The zero-order valence-electron chi connectivity index (χ0n) is 8.42. The monoisotopic (exact) mass is 192 g/mol. The van der Waals surface area contributed by atoms with Crippen LogP contribution in [-0.2, 0) is 4.57 Å². The summed E-state index contributed by atoms with van der Waals surface area (Å²) in [6.45, 7) is 5.78. The maximum Gasteiger partial charge on any atom is 0.203 e. The molecule has 0 saturated heterocycles. The van der Waals surface area contributed by atoms with Gasteiger partial charge < -0.3 is 4.89 Å². The summed E-state index contributed by atoms with van der Waals surface area (Å²) in [5.74, 6) is 0. The second-order valence-corrected chi connectivity index (χ2v) is 6.62. The van der Waals surface area contributed by atoms with Gasteiger partial charge in [-0.1, -0.05) is 40.0 Å². The van der Waals surface area contributed by atoms with Gasteiger partial charge in [-0.25, -0.2) is 0 Å². The highest BCUT2D eigenvalue weighted by atomic mass is 31.2. The van der Waals surface area contributed by atoms with Gasteiger partial charge in [0.25, 0.3) is 0 Å². The Kier molecular flexibility index (Phi) is 5.86. The fraction of sp³-hybridized carbons (Fsp3) is 1.00. The molecule has 0 aliphatic heterocycles. The molecule has 1 unspecified atom stereocenters. The maximum absolute atomic E-state index is 11.4. The summed E-state index contributed by atoms with van der Waals surface area (Å²) in [4.78, 5) is 9.45. The highest BCUT2D eigenvalue weighted by Gasteiger charge is 2.21. The van der Waals surface area contributed by atoms with Crippen LogP contribution in [0, 0.1) is 0 Å². The van der Waals surface area contributed by atoms with E-state index in [9.17, 15) is 9.46 Å². The fourth-order valence-electron chi connectivity index (χ4n) is 1.02. The quantitative estimate of drug-likeness (QED) is 0.518. The Morgan fingerprint density at radius 3 is 2.25 bits per heavy atom. The summed E-state index contributed by atoms with van der Waals surface area (Å²) >= 11 is 0. The average Bonchev–Trinajstić information content (AvgIpc) is 1.98. The SMILES string of the molecule is CCCCCCP(=O)(O)C(C)C. The molecule has 1 N–H and O–H groups in total. The molecule has 0 amide bonds. The first-order valence-corrected chi connectivity index (χ1v) is 6.73. The molecule has 0 radical (unpaired) electrons. The Morgan fingerprint density at radius 2 is 1.83 bits per heavy atom. The molecule has 0 aromatic rings. The lowest BCUT2D eigenvalue weighted by Gasteiger charge is -2.14. The predicted octanol–water partition coefficient (Wildman–Crippen LogP) is 3.25. The third-order valence-electron chi connectivity index (χ3n) is 2.14. The number of hydrogen-bond donors (Lipinski definition) is 1. The highest BCUT2D eigenvalue weighted by Crippen LogP contribution is 2.46. The molecule has 0 heterocycles. The molecule has 0 bridgehead atoms. The van der Waals surface area contributed by atoms with Crippen LogP contribution in [0.25, 0.3) is 0 Å². The average molecular weight is 192 g/mol. The van der Waals surface area contributed by atoms with Crippen LogP contribution in [0.1, 0.15) is 46.5 Å². The van der Waals surface area contributed by atoms with Crippen molar-refractivity contribution >= 4 is 7.37 Å². The van der Waals surface area contributed by atoms with Crippen molar-refractivity contribution in [2.45, 2.75) is 52.1 Å². The minimum atomic E-state index is -2.80. The lowest BCUT2D eigenvalue weighted by molar-refractivity contribution is 0.465. The molecule has 0 aromatic carbocycles. The van der Waals surface area contributed by atoms with Gasteiger partial charge in [-0.15, -0.1) is 0 Å². The minimum Gasteiger partial charge on any atom is -0.344 e. The van der Waals surface area contributed by atoms with Crippen molar-refractivity contribution < 1.29 is 9.46 Å². The summed E-state index contributed by atoms with van der Waals surface area (Å²) < 4.78 is 11.4. The van der Waals surface area contributed by atoms with E-state index in [0.717, 1.165) is 12.8 Å². The molecule has 0 fully saturated rings. The van der Waals surface area contributed by atoms with Gasteiger partial charge in [0.15, 0.2) is 0 Å². The van der Waals surface area contributed by atoms with E-state index in [1.165, 1.54) is 12.8 Å². The van der Waals surface area contributed by atoms with Crippen LogP contribution >= 0.6 is 7.37 Å². The lowest BCUT2D eigenvalue weighted by Crippen LogP contribution is -2.01. The van der Waals surface area contributed by atoms with Crippen molar-refractivity contribution in [2.75, 3.05) is 6.16 Å². The number of unbranched alkanes of at least 4 members (excludes halogenated alkanes) is 3. The van der Waals surface area contributed by atoms with E-state index in [2.05, 4.69) is 6.92 Å². The van der Waals surface area contributed by atoms with Crippen LogP contribution in [0.3, 0.4) is 0 Å². The largest absolute Gasteiger partial charge is 0.344 e. The third-order valence-corrected chi connectivity index (χ3v) is 4.71. The first-order chi connectivity index (χ1) is 5.50. The second-order valence-electron chi connectivity index (χ2n) is 3.63. The minimum absolute atomic E-state index is 0.0703. The molecule has 0 aliphatic rings. The van der Waals surface area contributed by atoms with E-state index in [1.807, 2.05) is 13.8 Å². The van der Waals surface area contributed by atoms with Gasteiger partial charge in [-0.2, -0.15) is 0 Å². The van der Waals surface area contributed by atoms with Crippen molar-refractivity contribution in [1.29, 1.82) is 0 Å². The van der Waals surface area contributed by atoms with Gasteiger partial charge in [0.2, 0.25) is 7.37 Å². The second kappa shape index (κ2) is 5.77. The summed E-state index contributed by atoms with van der Waals surface area (Å²) in [7, 11) is -2.80. The molecule has 0 aromatic heterocycles. The molecule has 0 aliphatic carbocycles. The Hall–Kier alpha value is 0.190. The van der Waals surface area contributed by atoms with Gasteiger partial charge in [0.05, 0.1) is 0 Å². The van der Waals surface area contributed by atoms with Crippen molar-refractivity contribution in [3.05, 3.63) is 0 Å². The smallest absolute Gasteiger partial charge is 0.203 e. The molecule has 3 heteroatoms. The van der Waals surface area contributed by atoms with Crippen LogP contribution < -0.4 is 0 Å². The van der Waals surface area contributed by atoms with Gasteiger partial charge >= 0.3 is 0 Å². The van der Waals surface area contributed by atoms with Gasteiger partial charge in [0, 0.05) is 11.8 Å². The molecule has 74 valence electrons. The first-order valence-electron chi connectivity index (χ1n) is 4.82. The Morgan fingerprint density at radius 1 is 1.25 bits per heavy atom. The fourth-order valence-corrected chi connectivity index (χ4v) is 2.22. The standard InChI is InChI=1S/C9H21O2P/c1-4-5-6-7-8-12(10,11)9(2)3/h9H,4-8H2,1-3H3,(H,10,11). The van der Waals surface area contributed by atoms with Crippen molar-refractivity contribution in [3.8, 4) is 0 Å². The summed E-state index contributed by atoms with van der Waals surface area (Å²) in [6.07, 6.45) is 4.85. The molecule has 12 heavy (non-hydrogen) atoms. The predicted molar refractivity (Wildman–Crippen MR) is 54.0 cm³/mol. The van der Waals surface area contributed by atoms with Crippen molar-refractivity contribution in [2.24, 2.45) is 0 Å². The van der Waals surface area contributed by atoms with E-state index in [-0.39, 0.29) is 5.66 Å². The van der Waals surface area contributed by atoms with Crippen LogP contribution in [0.4, 0.5) is 0 Å². The Balaban J connectivity index is 3.55. The number of rotatable bonds is 6. The van der Waals surface area contributed by atoms with E-state index in [0.29, 0.717) is 6.16 Å². The molecule has 1 atom stereocenters. The van der Waals surface area contributed by atoms with E-state index < -0.39 is 7.37 Å². The van der Waals surface area contributed by atoms with Gasteiger partial charge in [0.1, 0.15) is 0 Å². The maximum atomic E-state index is 11.4. The van der Waals surface area contributed by atoms with Gasteiger partial charge in [-0.05, 0) is 6.42 Å². The Labute approximate surface area is 75.8 Å². The van der Waals surface area contributed by atoms with Gasteiger partial charge in [-0.3, -0.25) is 4.57 Å².